The third-order valence-corrected chi connectivity index (χ3v) is 2.41. The Morgan fingerprint density at radius 1 is 1.33 bits per heavy atom. The highest BCUT2D eigenvalue weighted by Gasteiger charge is 2.02. The predicted octanol–water partition coefficient (Wildman–Crippen LogP) is 3.21. The minimum absolute atomic E-state index is 0.851. The molecule has 0 aliphatic heterocycles. The summed E-state index contributed by atoms with van der Waals surface area (Å²) in [4.78, 5) is 4.33. The molecule has 1 aromatic heterocycles. The Bertz CT molecular complexity index is 465. The third kappa shape index (κ3) is 1.94. The summed E-state index contributed by atoms with van der Waals surface area (Å²) in [6.45, 7) is 2.13. The monoisotopic (exact) mass is 200 g/mol. The number of hydrogen-bond acceptors (Lipinski definition) is 2. The number of fused-ring (bicyclic) bond motifs is 1. The van der Waals surface area contributed by atoms with Crippen LogP contribution in [0.15, 0.2) is 30.5 Å². The van der Waals surface area contributed by atoms with Gasteiger partial charge in [0, 0.05) is 17.6 Å². The van der Waals surface area contributed by atoms with Gasteiger partial charge in [-0.3, -0.25) is 4.98 Å². The van der Waals surface area contributed by atoms with Crippen LogP contribution in [0.3, 0.4) is 0 Å². The van der Waals surface area contributed by atoms with Crippen LogP contribution in [0.5, 0.6) is 5.75 Å². The molecular formula is C13H14NO. The number of benzene rings is 1. The van der Waals surface area contributed by atoms with Crippen LogP contribution in [-0.4, -0.2) is 12.1 Å². The maximum Gasteiger partial charge on any atom is 0.121 e. The number of hydrogen-bond donors (Lipinski definition) is 0. The molecule has 1 radical (unpaired) electrons. The van der Waals surface area contributed by atoms with Crippen LogP contribution in [0, 0.1) is 6.42 Å². The van der Waals surface area contributed by atoms with Crippen molar-refractivity contribution in [3.8, 4) is 5.75 Å². The van der Waals surface area contributed by atoms with Crippen LogP contribution >= 0.6 is 0 Å². The maximum absolute atomic E-state index is 5.17. The van der Waals surface area contributed by atoms with Crippen LogP contribution in [0.4, 0.5) is 0 Å². The summed E-state index contributed by atoms with van der Waals surface area (Å²) < 4.78 is 5.17. The summed E-state index contributed by atoms with van der Waals surface area (Å²) in [5, 5.41) is 1.18. The van der Waals surface area contributed by atoms with Crippen molar-refractivity contribution in [2.45, 2.75) is 13.3 Å². The highest BCUT2D eigenvalue weighted by Crippen LogP contribution is 2.23. The van der Waals surface area contributed by atoms with Gasteiger partial charge >= 0.3 is 0 Å². The van der Waals surface area contributed by atoms with Gasteiger partial charge < -0.3 is 4.74 Å². The fourth-order valence-corrected chi connectivity index (χ4v) is 1.67. The van der Waals surface area contributed by atoms with E-state index in [1.54, 1.807) is 7.11 Å². The lowest BCUT2D eigenvalue weighted by molar-refractivity contribution is 0.415. The minimum atomic E-state index is 0.851. The van der Waals surface area contributed by atoms with Crippen LogP contribution in [0.2, 0.25) is 0 Å². The number of nitrogens with zero attached hydrogens (tertiary/aromatic N) is 1. The van der Waals surface area contributed by atoms with E-state index >= 15 is 0 Å². The van der Waals surface area contributed by atoms with E-state index in [-0.39, 0.29) is 0 Å². The van der Waals surface area contributed by atoms with Crippen molar-refractivity contribution in [3.63, 3.8) is 0 Å². The molecule has 0 unspecified atom stereocenters. The molecule has 0 N–H and O–H groups in total. The Hall–Kier alpha value is -1.57. The molecule has 0 fully saturated rings. The van der Waals surface area contributed by atoms with Crippen LogP contribution < -0.4 is 4.74 Å². The third-order valence-electron chi connectivity index (χ3n) is 2.41. The Morgan fingerprint density at radius 2 is 2.20 bits per heavy atom. The number of pyridine rings is 1. The molecule has 2 nitrogen and oxygen atoms in total. The highest BCUT2D eigenvalue weighted by atomic mass is 16.5. The normalized spacial score (nSPS) is 10.5. The molecule has 0 atom stereocenters. The van der Waals surface area contributed by atoms with Gasteiger partial charge in [-0.15, -0.1) is 0 Å². The largest absolute Gasteiger partial charge is 0.497 e. The van der Waals surface area contributed by atoms with Gasteiger partial charge in [0.2, 0.25) is 0 Å². The summed E-state index contributed by atoms with van der Waals surface area (Å²) in [6, 6.07) is 8.03. The first kappa shape index (κ1) is 9.97. The molecule has 1 heterocycles. The van der Waals surface area contributed by atoms with Crippen LogP contribution in [0.25, 0.3) is 10.9 Å². The smallest absolute Gasteiger partial charge is 0.121 e. The molecule has 77 valence electrons. The zero-order valence-corrected chi connectivity index (χ0v) is 9.03. The van der Waals surface area contributed by atoms with Crippen molar-refractivity contribution >= 4 is 10.9 Å². The summed E-state index contributed by atoms with van der Waals surface area (Å²) in [5.74, 6) is 0.851. The van der Waals surface area contributed by atoms with Gasteiger partial charge in [0.15, 0.2) is 0 Å². The van der Waals surface area contributed by atoms with E-state index in [0.29, 0.717) is 0 Å². The molecule has 0 saturated carbocycles. The minimum Gasteiger partial charge on any atom is -0.497 e. The van der Waals surface area contributed by atoms with Gasteiger partial charge in [-0.05, 0) is 36.6 Å². The van der Waals surface area contributed by atoms with Crippen molar-refractivity contribution in [1.82, 2.24) is 4.98 Å². The van der Waals surface area contributed by atoms with Crippen molar-refractivity contribution in [3.05, 3.63) is 42.4 Å². The summed E-state index contributed by atoms with van der Waals surface area (Å²) in [5.41, 5.74) is 2.22. The average Bonchev–Trinajstić information content (AvgIpc) is 2.29. The van der Waals surface area contributed by atoms with Gasteiger partial charge in [0.25, 0.3) is 0 Å². The van der Waals surface area contributed by atoms with Crippen molar-refractivity contribution in [2.24, 2.45) is 0 Å². The van der Waals surface area contributed by atoms with E-state index in [4.69, 9.17) is 4.74 Å². The Balaban J connectivity index is 2.56. The first-order valence-corrected chi connectivity index (χ1v) is 5.11. The Kier molecular flexibility index (Phi) is 2.86. The second-order valence-corrected chi connectivity index (χ2v) is 3.40. The molecule has 2 aromatic rings. The van der Waals surface area contributed by atoms with E-state index in [0.717, 1.165) is 17.7 Å². The molecule has 0 bridgehead atoms. The fraction of sp³-hybridized carbons (Fsp3) is 0.231. The van der Waals surface area contributed by atoms with E-state index in [9.17, 15) is 0 Å². The molecule has 0 aliphatic rings. The molecule has 0 aliphatic carbocycles. The lowest BCUT2D eigenvalue weighted by Gasteiger charge is -2.05. The lowest BCUT2D eigenvalue weighted by atomic mass is 10.1. The number of rotatable bonds is 3. The fourth-order valence-electron chi connectivity index (χ4n) is 1.67. The molecule has 0 amide bonds. The molecule has 2 heteroatoms. The SMILES string of the molecule is CC[CH]c1ccnc2cc(OC)ccc12. The standard InChI is InChI=1S/C13H14NO/c1-3-4-10-7-8-14-13-9-11(15-2)5-6-12(10)13/h4-9H,3H2,1-2H3. The van der Waals surface area contributed by atoms with Gasteiger partial charge in [0.05, 0.1) is 12.6 Å². The molecule has 0 spiro atoms. The Labute approximate surface area is 89.9 Å². The summed E-state index contributed by atoms with van der Waals surface area (Å²) in [7, 11) is 1.67. The highest BCUT2D eigenvalue weighted by molar-refractivity contribution is 5.84. The van der Waals surface area contributed by atoms with Gasteiger partial charge in [-0.25, -0.2) is 0 Å². The second-order valence-electron chi connectivity index (χ2n) is 3.40. The number of methoxy groups -OCH3 is 1. The zero-order valence-electron chi connectivity index (χ0n) is 9.03. The summed E-state index contributed by atoms with van der Waals surface area (Å²) in [6.07, 6.45) is 5.07. The topological polar surface area (TPSA) is 22.1 Å². The maximum atomic E-state index is 5.17. The first-order chi connectivity index (χ1) is 7.35. The van der Waals surface area contributed by atoms with Gasteiger partial charge in [0.1, 0.15) is 5.75 Å². The predicted molar refractivity (Wildman–Crippen MR) is 62.0 cm³/mol. The molecule has 1 aromatic carbocycles. The zero-order chi connectivity index (χ0) is 10.7. The van der Waals surface area contributed by atoms with Crippen molar-refractivity contribution in [1.29, 1.82) is 0 Å². The van der Waals surface area contributed by atoms with E-state index in [1.165, 1.54) is 10.9 Å². The van der Waals surface area contributed by atoms with E-state index < -0.39 is 0 Å². The molecular weight excluding hydrogens is 186 g/mol. The first-order valence-electron chi connectivity index (χ1n) is 5.11. The number of aromatic nitrogens is 1. The Morgan fingerprint density at radius 3 is 2.93 bits per heavy atom. The summed E-state index contributed by atoms with van der Waals surface area (Å²) >= 11 is 0. The second kappa shape index (κ2) is 4.30. The van der Waals surface area contributed by atoms with Crippen molar-refractivity contribution in [2.75, 3.05) is 7.11 Å². The molecule has 0 saturated heterocycles. The van der Waals surface area contributed by atoms with Crippen LogP contribution in [-0.2, 0) is 0 Å². The molecule has 2 rings (SSSR count). The number of ether oxygens (including phenoxy) is 1. The van der Waals surface area contributed by atoms with Crippen LogP contribution in [0.1, 0.15) is 18.9 Å². The average molecular weight is 200 g/mol. The van der Waals surface area contributed by atoms with E-state index in [2.05, 4.69) is 24.4 Å². The van der Waals surface area contributed by atoms with E-state index in [1.807, 2.05) is 24.4 Å². The van der Waals surface area contributed by atoms with Crippen molar-refractivity contribution < 1.29 is 4.74 Å². The molecule has 15 heavy (non-hydrogen) atoms. The van der Waals surface area contributed by atoms with Gasteiger partial charge in [-0.2, -0.15) is 0 Å². The quantitative estimate of drug-likeness (QED) is 0.759. The lowest BCUT2D eigenvalue weighted by Crippen LogP contribution is -1.88. The van der Waals surface area contributed by atoms with Gasteiger partial charge in [-0.1, -0.05) is 6.92 Å².